The molecule has 3 rings (SSSR count). The van der Waals surface area contributed by atoms with Crippen molar-refractivity contribution >= 4 is 5.82 Å². The summed E-state index contributed by atoms with van der Waals surface area (Å²) in [4.78, 5) is 0. The van der Waals surface area contributed by atoms with Crippen molar-refractivity contribution in [3.05, 3.63) is 30.0 Å². The van der Waals surface area contributed by atoms with Gasteiger partial charge >= 0.3 is 0 Å². The Balaban J connectivity index is 2.10. The lowest BCUT2D eigenvalue weighted by Gasteiger charge is -2.04. The first-order valence-electron chi connectivity index (χ1n) is 4.93. The maximum atomic E-state index is 8.81. The van der Waals surface area contributed by atoms with Crippen LogP contribution in [0, 0.1) is 11.3 Å². The molecule has 0 amide bonds. The highest BCUT2D eigenvalue weighted by Gasteiger charge is 2.15. The molecule has 0 unspecified atom stereocenters. The SMILES string of the molecule is N#Cc1cnn(-c2ccc3c(c2)OCO3)c1N. The van der Waals surface area contributed by atoms with Crippen LogP contribution in [0.1, 0.15) is 5.56 Å². The van der Waals surface area contributed by atoms with Gasteiger partial charge in [-0.25, -0.2) is 4.68 Å². The first kappa shape index (κ1) is 9.54. The molecule has 2 N–H and O–H groups in total. The lowest BCUT2D eigenvalue weighted by atomic mass is 10.3. The minimum absolute atomic E-state index is 0.219. The highest BCUT2D eigenvalue weighted by molar-refractivity contribution is 5.56. The second-order valence-electron chi connectivity index (χ2n) is 3.50. The normalized spacial score (nSPS) is 12.4. The molecule has 1 aromatic carbocycles. The van der Waals surface area contributed by atoms with Crippen molar-refractivity contribution in [3.63, 3.8) is 0 Å². The maximum Gasteiger partial charge on any atom is 0.231 e. The van der Waals surface area contributed by atoms with Gasteiger partial charge in [0.05, 0.1) is 11.9 Å². The van der Waals surface area contributed by atoms with E-state index in [0.717, 1.165) is 5.69 Å². The van der Waals surface area contributed by atoms with Gasteiger partial charge in [-0.2, -0.15) is 10.4 Å². The minimum Gasteiger partial charge on any atom is -0.454 e. The van der Waals surface area contributed by atoms with Gasteiger partial charge in [0.2, 0.25) is 6.79 Å². The molecule has 0 spiro atoms. The molecule has 1 aromatic heterocycles. The van der Waals surface area contributed by atoms with E-state index in [0.29, 0.717) is 22.9 Å². The standard InChI is InChI=1S/C11H8N4O2/c12-4-7-5-14-15(11(7)13)8-1-2-9-10(3-8)17-6-16-9/h1-3,5H,6,13H2. The van der Waals surface area contributed by atoms with E-state index in [9.17, 15) is 0 Å². The summed E-state index contributed by atoms with van der Waals surface area (Å²) in [5.41, 5.74) is 6.88. The van der Waals surface area contributed by atoms with Gasteiger partial charge in [-0.05, 0) is 12.1 Å². The Kier molecular flexibility index (Phi) is 1.92. The summed E-state index contributed by atoms with van der Waals surface area (Å²) in [5, 5.41) is 12.9. The summed E-state index contributed by atoms with van der Waals surface area (Å²) in [6.45, 7) is 0.219. The molecule has 1 aliphatic rings. The van der Waals surface area contributed by atoms with Gasteiger partial charge in [0, 0.05) is 6.07 Å². The van der Waals surface area contributed by atoms with E-state index in [1.165, 1.54) is 10.9 Å². The van der Waals surface area contributed by atoms with Crippen molar-refractivity contribution in [2.24, 2.45) is 0 Å². The first-order valence-corrected chi connectivity index (χ1v) is 4.93. The summed E-state index contributed by atoms with van der Waals surface area (Å²) in [7, 11) is 0. The van der Waals surface area contributed by atoms with Crippen LogP contribution in [-0.2, 0) is 0 Å². The molecule has 6 nitrogen and oxygen atoms in total. The number of anilines is 1. The Morgan fingerprint density at radius 2 is 2.18 bits per heavy atom. The monoisotopic (exact) mass is 228 g/mol. The van der Waals surface area contributed by atoms with Crippen LogP contribution in [0.2, 0.25) is 0 Å². The zero-order valence-electron chi connectivity index (χ0n) is 8.75. The van der Waals surface area contributed by atoms with E-state index in [4.69, 9.17) is 20.5 Å². The van der Waals surface area contributed by atoms with Crippen molar-refractivity contribution in [2.45, 2.75) is 0 Å². The summed E-state index contributed by atoms with van der Waals surface area (Å²) >= 11 is 0. The Labute approximate surface area is 96.8 Å². The molecule has 0 radical (unpaired) electrons. The summed E-state index contributed by atoms with van der Waals surface area (Å²) in [5.74, 6) is 1.65. The average Bonchev–Trinajstić information content (AvgIpc) is 2.94. The quantitative estimate of drug-likeness (QED) is 0.788. The van der Waals surface area contributed by atoms with Crippen LogP contribution < -0.4 is 15.2 Å². The summed E-state index contributed by atoms with van der Waals surface area (Å²) < 4.78 is 12.0. The fraction of sp³-hybridized carbons (Fsp3) is 0.0909. The van der Waals surface area contributed by atoms with E-state index in [1.807, 2.05) is 6.07 Å². The zero-order valence-corrected chi connectivity index (χ0v) is 8.75. The molecule has 17 heavy (non-hydrogen) atoms. The molecule has 0 aliphatic carbocycles. The third-order valence-corrected chi connectivity index (χ3v) is 2.53. The van der Waals surface area contributed by atoms with Gasteiger partial charge < -0.3 is 15.2 Å². The van der Waals surface area contributed by atoms with Crippen LogP contribution in [0.15, 0.2) is 24.4 Å². The van der Waals surface area contributed by atoms with Crippen LogP contribution in [0.3, 0.4) is 0 Å². The number of benzene rings is 1. The van der Waals surface area contributed by atoms with E-state index >= 15 is 0 Å². The van der Waals surface area contributed by atoms with Crippen molar-refractivity contribution in [1.82, 2.24) is 9.78 Å². The molecule has 2 aromatic rings. The third-order valence-electron chi connectivity index (χ3n) is 2.53. The lowest BCUT2D eigenvalue weighted by Crippen LogP contribution is -2.02. The van der Waals surface area contributed by atoms with E-state index in [1.54, 1.807) is 18.2 Å². The molecule has 84 valence electrons. The zero-order chi connectivity index (χ0) is 11.8. The number of rotatable bonds is 1. The molecule has 1 aliphatic heterocycles. The number of fused-ring (bicyclic) bond motifs is 1. The number of nitrogens with zero attached hydrogens (tertiary/aromatic N) is 3. The molecular weight excluding hydrogens is 220 g/mol. The van der Waals surface area contributed by atoms with Crippen molar-refractivity contribution in [3.8, 4) is 23.3 Å². The summed E-state index contributed by atoms with van der Waals surface area (Å²) in [6.07, 6.45) is 1.43. The number of nitriles is 1. The van der Waals surface area contributed by atoms with Crippen molar-refractivity contribution in [2.75, 3.05) is 12.5 Å². The smallest absolute Gasteiger partial charge is 0.231 e. The maximum absolute atomic E-state index is 8.81. The van der Waals surface area contributed by atoms with Crippen molar-refractivity contribution in [1.29, 1.82) is 5.26 Å². The molecule has 6 heteroatoms. The number of aromatic nitrogens is 2. The second-order valence-corrected chi connectivity index (χ2v) is 3.50. The molecular formula is C11H8N4O2. The second kappa shape index (κ2) is 3.42. The number of hydrogen-bond donors (Lipinski definition) is 1. The van der Waals surface area contributed by atoms with Gasteiger partial charge in [-0.3, -0.25) is 0 Å². The van der Waals surface area contributed by atoms with Crippen LogP contribution >= 0.6 is 0 Å². The average molecular weight is 228 g/mol. The summed E-state index contributed by atoms with van der Waals surface area (Å²) in [6, 6.07) is 7.33. The van der Waals surface area contributed by atoms with Gasteiger partial charge in [0.25, 0.3) is 0 Å². The number of ether oxygens (including phenoxy) is 2. The van der Waals surface area contributed by atoms with Crippen LogP contribution in [-0.4, -0.2) is 16.6 Å². The van der Waals surface area contributed by atoms with Gasteiger partial charge in [-0.15, -0.1) is 0 Å². The highest BCUT2D eigenvalue weighted by Crippen LogP contribution is 2.34. The molecule has 0 saturated carbocycles. The molecule has 2 heterocycles. The molecule has 0 fully saturated rings. The Bertz CT molecular complexity index is 627. The Hall–Kier alpha value is -2.68. The predicted molar refractivity (Wildman–Crippen MR) is 58.8 cm³/mol. The van der Waals surface area contributed by atoms with Crippen LogP contribution in [0.25, 0.3) is 5.69 Å². The van der Waals surface area contributed by atoms with Crippen LogP contribution in [0.4, 0.5) is 5.82 Å². The minimum atomic E-state index is 0.219. The fourth-order valence-electron chi connectivity index (χ4n) is 1.67. The van der Waals surface area contributed by atoms with Gasteiger partial charge in [0.15, 0.2) is 11.5 Å². The highest BCUT2D eigenvalue weighted by atomic mass is 16.7. The number of nitrogens with two attached hydrogens (primary N) is 1. The predicted octanol–water partition coefficient (Wildman–Crippen LogP) is 1.05. The van der Waals surface area contributed by atoms with Crippen molar-refractivity contribution < 1.29 is 9.47 Å². The van der Waals surface area contributed by atoms with E-state index < -0.39 is 0 Å². The molecule has 0 bridgehead atoms. The third kappa shape index (κ3) is 1.37. The van der Waals surface area contributed by atoms with Gasteiger partial charge in [0.1, 0.15) is 17.5 Å². The van der Waals surface area contributed by atoms with Crippen LogP contribution in [0.5, 0.6) is 11.5 Å². The fourth-order valence-corrected chi connectivity index (χ4v) is 1.67. The molecule has 0 atom stereocenters. The number of nitrogen functional groups attached to an aromatic ring is 1. The Morgan fingerprint density at radius 1 is 1.35 bits per heavy atom. The lowest BCUT2D eigenvalue weighted by molar-refractivity contribution is 0.174. The number of hydrogen-bond acceptors (Lipinski definition) is 5. The largest absolute Gasteiger partial charge is 0.454 e. The first-order chi connectivity index (χ1) is 8.29. The molecule has 0 saturated heterocycles. The van der Waals surface area contributed by atoms with E-state index in [-0.39, 0.29) is 6.79 Å². The topological polar surface area (TPSA) is 86.1 Å². The Morgan fingerprint density at radius 3 is 2.94 bits per heavy atom. The van der Waals surface area contributed by atoms with Gasteiger partial charge in [-0.1, -0.05) is 0 Å². The van der Waals surface area contributed by atoms with E-state index in [2.05, 4.69) is 5.10 Å².